The average molecular weight is 533 g/mol. The van der Waals surface area contributed by atoms with Crippen LogP contribution in [0.25, 0.3) is 11.1 Å². The molecule has 3 aromatic rings. The van der Waals surface area contributed by atoms with Crippen LogP contribution in [0, 0.1) is 0 Å². The van der Waals surface area contributed by atoms with Gasteiger partial charge in [-0.3, -0.25) is 14.6 Å². The quantitative estimate of drug-likeness (QED) is 0.546. The van der Waals surface area contributed by atoms with Crippen LogP contribution in [-0.2, 0) is 20.7 Å². The van der Waals surface area contributed by atoms with Gasteiger partial charge in [-0.2, -0.15) is 4.98 Å². The van der Waals surface area contributed by atoms with Crippen LogP contribution in [0.4, 0.5) is 11.7 Å². The minimum atomic E-state index is -0.904. The fourth-order valence-electron chi connectivity index (χ4n) is 4.99. The minimum absolute atomic E-state index is 0.0128. The summed E-state index contributed by atoms with van der Waals surface area (Å²) in [5.41, 5.74) is 9.18. The van der Waals surface area contributed by atoms with Crippen molar-refractivity contribution in [2.24, 2.45) is 0 Å². The van der Waals surface area contributed by atoms with E-state index in [0.29, 0.717) is 39.8 Å². The summed E-state index contributed by atoms with van der Waals surface area (Å²) in [5, 5.41) is 1.09. The first-order valence-corrected chi connectivity index (χ1v) is 12.3. The van der Waals surface area contributed by atoms with Crippen LogP contribution in [0.3, 0.4) is 0 Å². The number of rotatable bonds is 3. The summed E-state index contributed by atoms with van der Waals surface area (Å²) < 4.78 is 11.7. The molecule has 0 radical (unpaired) electrons. The molecule has 2 aliphatic rings. The normalized spacial score (nSPS) is 22.0. The van der Waals surface area contributed by atoms with Crippen molar-refractivity contribution in [3.05, 3.63) is 45.7 Å². The molecule has 0 aliphatic carbocycles. The number of benzene rings is 1. The highest BCUT2D eigenvalue weighted by Gasteiger charge is 2.41. The molecule has 0 unspecified atom stereocenters. The highest BCUT2D eigenvalue weighted by molar-refractivity contribution is 6.35. The number of aromatic nitrogens is 2. The maximum Gasteiger partial charge on any atom is 0.293 e. The minimum Gasteiger partial charge on any atom is -0.421 e. The molecule has 12 heteroatoms. The lowest BCUT2D eigenvalue weighted by atomic mass is 9.93. The second-order valence-electron chi connectivity index (χ2n) is 9.23. The van der Waals surface area contributed by atoms with Crippen molar-refractivity contribution in [3.8, 4) is 0 Å². The number of likely N-dealkylation sites (N-methyl/N-ethyl adjacent to an activating group) is 1. The van der Waals surface area contributed by atoms with Gasteiger partial charge in [0.2, 0.25) is 0 Å². The Morgan fingerprint density at radius 2 is 1.92 bits per heavy atom. The standard InChI is InChI=1S/C24H26Cl2N6O4/c1-12-20-13(6-14(25)7-15(20)26)4-5-32(12)23(34)19-11-31(10-18(35-19)22(33)30(2)3)17-9-28-8-16-21(17)36-24(27)29-16/h6-9,12,18-19H,4-5,10-11H2,1-3H3,(H2,27,29)/t12-,18-,19+/m0/s1. The molecule has 2 aromatic heterocycles. The van der Waals surface area contributed by atoms with Crippen LogP contribution in [-0.4, -0.2) is 77.5 Å². The van der Waals surface area contributed by atoms with Gasteiger partial charge in [0.05, 0.1) is 31.5 Å². The molecule has 36 heavy (non-hydrogen) atoms. The van der Waals surface area contributed by atoms with Crippen molar-refractivity contribution in [2.75, 3.05) is 44.4 Å². The zero-order valence-corrected chi connectivity index (χ0v) is 21.6. The van der Waals surface area contributed by atoms with E-state index in [1.165, 1.54) is 4.90 Å². The third-order valence-electron chi connectivity index (χ3n) is 6.70. The van der Waals surface area contributed by atoms with Gasteiger partial charge in [0.25, 0.3) is 17.8 Å². The molecule has 0 bridgehead atoms. The summed E-state index contributed by atoms with van der Waals surface area (Å²) in [6.07, 6.45) is 2.00. The Bertz CT molecular complexity index is 1350. The summed E-state index contributed by atoms with van der Waals surface area (Å²) in [7, 11) is 3.30. The predicted octanol–water partition coefficient (Wildman–Crippen LogP) is 2.92. The Labute approximate surface area is 217 Å². The van der Waals surface area contributed by atoms with E-state index < -0.39 is 12.2 Å². The monoisotopic (exact) mass is 532 g/mol. The number of amides is 2. The van der Waals surface area contributed by atoms with Crippen LogP contribution in [0.1, 0.15) is 24.1 Å². The Hall–Kier alpha value is -3.08. The Morgan fingerprint density at radius 3 is 2.67 bits per heavy atom. The number of nitrogens with zero attached hydrogens (tertiary/aromatic N) is 5. The zero-order chi connectivity index (χ0) is 25.7. The van der Waals surface area contributed by atoms with Crippen LogP contribution >= 0.6 is 23.2 Å². The van der Waals surface area contributed by atoms with Crippen LogP contribution in [0.15, 0.2) is 28.9 Å². The van der Waals surface area contributed by atoms with Gasteiger partial charge < -0.3 is 29.6 Å². The van der Waals surface area contributed by atoms with E-state index in [1.807, 2.05) is 17.9 Å². The number of carbonyl (C=O) groups is 2. The number of hydrogen-bond donors (Lipinski definition) is 1. The molecule has 1 fully saturated rings. The Balaban J connectivity index is 1.47. The SMILES string of the molecule is C[C@H]1c2c(Cl)cc(Cl)cc2CCN1C(=O)[C@H]1CN(c2cncc3nc(N)oc23)C[C@@H](C(=O)N(C)C)O1. The van der Waals surface area contributed by atoms with E-state index in [0.717, 1.165) is 11.1 Å². The number of ether oxygens (including phenoxy) is 1. The van der Waals surface area contributed by atoms with Crippen LogP contribution in [0.2, 0.25) is 10.0 Å². The molecular formula is C24H26Cl2N6O4. The number of pyridine rings is 1. The van der Waals surface area contributed by atoms with E-state index in [1.54, 1.807) is 37.5 Å². The number of halogens is 2. The number of fused-ring (bicyclic) bond motifs is 2. The molecule has 4 heterocycles. The summed E-state index contributed by atoms with van der Waals surface area (Å²) >= 11 is 12.7. The average Bonchev–Trinajstić information content (AvgIpc) is 3.22. The molecular weight excluding hydrogens is 507 g/mol. The first kappa shape index (κ1) is 24.6. The first-order valence-electron chi connectivity index (χ1n) is 11.5. The van der Waals surface area contributed by atoms with Crippen molar-refractivity contribution in [1.29, 1.82) is 0 Å². The number of oxazole rings is 1. The molecule has 190 valence electrons. The second-order valence-corrected chi connectivity index (χ2v) is 10.1. The van der Waals surface area contributed by atoms with Crippen molar-refractivity contribution < 1.29 is 18.7 Å². The van der Waals surface area contributed by atoms with Crippen LogP contribution in [0.5, 0.6) is 0 Å². The van der Waals surface area contributed by atoms with Gasteiger partial charge in [-0.05, 0) is 36.6 Å². The third-order valence-corrected chi connectivity index (χ3v) is 7.23. The molecule has 0 saturated carbocycles. The van der Waals surface area contributed by atoms with Crippen molar-refractivity contribution in [2.45, 2.75) is 31.6 Å². The molecule has 0 spiro atoms. The van der Waals surface area contributed by atoms with Crippen molar-refractivity contribution in [3.63, 3.8) is 0 Å². The van der Waals surface area contributed by atoms with Gasteiger partial charge in [-0.1, -0.05) is 23.2 Å². The maximum atomic E-state index is 13.8. The number of anilines is 2. The molecule has 5 rings (SSSR count). The predicted molar refractivity (Wildman–Crippen MR) is 136 cm³/mol. The lowest BCUT2D eigenvalue weighted by molar-refractivity contribution is -0.160. The fraction of sp³-hybridized carbons (Fsp3) is 0.417. The third kappa shape index (κ3) is 4.33. The molecule has 2 N–H and O–H groups in total. The molecule has 2 amide bonds. The smallest absolute Gasteiger partial charge is 0.293 e. The molecule has 3 atom stereocenters. The number of morpholine rings is 1. The molecule has 1 aromatic carbocycles. The van der Waals surface area contributed by atoms with Crippen molar-refractivity contribution >= 4 is 57.8 Å². The Morgan fingerprint density at radius 1 is 1.17 bits per heavy atom. The second kappa shape index (κ2) is 9.42. The fourth-order valence-corrected chi connectivity index (χ4v) is 5.68. The number of nitrogen functional groups attached to an aromatic ring is 1. The van der Waals surface area contributed by atoms with Crippen molar-refractivity contribution in [1.82, 2.24) is 19.8 Å². The summed E-state index contributed by atoms with van der Waals surface area (Å²) in [6, 6.07) is 3.31. The number of nitrogens with two attached hydrogens (primary N) is 1. The summed E-state index contributed by atoms with van der Waals surface area (Å²) in [5.74, 6) is -0.470. The van der Waals surface area contributed by atoms with E-state index in [9.17, 15) is 9.59 Å². The lowest BCUT2D eigenvalue weighted by Crippen LogP contribution is -2.58. The topological polar surface area (TPSA) is 118 Å². The van der Waals surface area contributed by atoms with Gasteiger partial charge in [-0.15, -0.1) is 0 Å². The lowest BCUT2D eigenvalue weighted by Gasteiger charge is -2.42. The number of carbonyl (C=O) groups excluding carboxylic acids is 2. The van der Waals surface area contributed by atoms with Gasteiger partial charge in [0.1, 0.15) is 11.2 Å². The molecule has 10 nitrogen and oxygen atoms in total. The van der Waals surface area contributed by atoms with Gasteiger partial charge in [0, 0.05) is 30.7 Å². The van der Waals surface area contributed by atoms with Gasteiger partial charge in [0.15, 0.2) is 17.8 Å². The first-order chi connectivity index (χ1) is 17.1. The van der Waals surface area contributed by atoms with E-state index in [2.05, 4.69) is 9.97 Å². The molecule has 2 aliphatic heterocycles. The highest BCUT2D eigenvalue weighted by atomic mass is 35.5. The zero-order valence-electron chi connectivity index (χ0n) is 20.1. The maximum absolute atomic E-state index is 13.8. The van der Waals surface area contributed by atoms with Gasteiger partial charge >= 0.3 is 0 Å². The van der Waals surface area contributed by atoms with E-state index in [-0.39, 0.29) is 37.0 Å². The highest BCUT2D eigenvalue weighted by Crippen LogP contribution is 2.38. The molecule has 1 saturated heterocycles. The number of hydrogen-bond acceptors (Lipinski definition) is 8. The van der Waals surface area contributed by atoms with E-state index >= 15 is 0 Å². The largest absolute Gasteiger partial charge is 0.421 e. The van der Waals surface area contributed by atoms with Gasteiger partial charge in [-0.25, -0.2) is 0 Å². The van der Waals surface area contributed by atoms with E-state index in [4.69, 9.17) is 38.1 Å². The summed E-state index contributed by atoms with van der Waals surface area (Å²) in [6.45, 7) is 2.82. The van der Waals surface area contributed by atoms with Crippen LogP contribution < -0.4 is 10.6 Å². The Kier molecular flexibility index (Phi) is 6.44. The summed E-state index contributed by atoms with van der Waals surface area (Å²) in [4.78, 5) is 40.2.